The van der Waals surface area contributed by atoms with Crippen LogP contribution in [0.15, 0.2) is 46.9 Å². The average molecular weight is 370 g/mol. The summed E-state index contributed by atoms with van der Waals surface area (Å²) in [4.78, 5) is 12.1. The first-order chi connectivity index (χ1) is 10.1. The monoisotopic (exact) mass is 368 g/mol. The van der Waals surface area contributed by atoms with Crippen LogP contribution in [-0.2, 0) is 0 Å². The summed E-state index contributed by atoms with van der Waals surface area (Å²) in [5, 5.41) is 3.30. The zero-order valence-corrected chi connectivity index (χ0v) is 13.4. The summed E-state index contributed by atoms with van der Waals surface area (Å²) < 4.78 is 6.13. The van der Waals surface area contributed by atoms with Gasteiger partial charge in [0, 0.05) is 27.3 Å². The first kappa shape index (κ1) is 15.8. The van der Waals surface area contributed by atoms with Gasteiger partial charge >= 0.3 is 0 Å². The Morgan fingerprint density at radius 3 is 2.57 bits per heavy atom. The Hall–Kier alpha value is -1.56. The highest BCUT2D eigenvalue weighted by Gasteiger charge is 2.08. The molecule has 0 saturated heterocycles. The second-order valence-electron chi connectivity index (χ2n) is 4.27. The van der Waals surface area contributed by atoms with Crippen molar-refractivity contribution in [3.8, 4) is 5.75 Å². The molecule has 2 rings (SSSR count). The van der Waals surface area contributed by atoms with E-state index in [-0.39, 0.29) is 5.91 Å². The summed E-state index contributed by atoms with van der Waals surface area (Å²) in [7, 11) is 0. The molecule has 4 nitrogen and oxygen atoms in total. The molecule has 0 radical (unpaired) electrons. The lowest BCUT2D eigenvalue weighted by Crippen LogP contribution is -2.12. The number of ether oxygens (including phenoxy) is 1. The molecule has 0 bridgehead atoms. The van der Waals surface area contributed by atoms with Crippen molar-refractivity contribution in [1.29, 1.82) is 0 Å². The van der Waals surface area contributed by atoms with Crippen LogP contribution in [0.4, 0.5) is 5.69 Å². The Morgan fingerprint density at radius 1 is 1.24 bits per heavy atom. The zero-order chi connectivity index (χ0) is 15.2. The van der Waals surface area contributed by atoms with Crippen LogP contribution in [0.25, 0.3) is 0 Å². The number of nitrogens with two attached hydrogens (primary N) is 1. The smallest absolute Gasteiger partial charge is 0.255 e. The zero-order valence-electron chi connectivity index (χ0n) is 11.1. The largest absolute Gasteiger partial charge is 0.492 e. The van der Waals surface area contributed by atoms with Crippen LogP contribution in [0.1, 0.15) is 10.4 Å². The SMILES string of the molecule is NCCOc1ccc(NC(=O)c2cc(Cl)cc(Br)c2)cc1. The van der Waals surface area contributed by atoms with E-state index in [0.29, 0.717) is 35.2 Å². The summed E-state index contributed by atoms with van der Waals surface area (Å²) >= 11 is 9.24. The maximum absolute atomic E-state index is 12.1. The maximum atomic E-state index is 12.1. The van der Waals surface area contributed by atoms with E-state index in [0.717, 1.165) is 4.47 Å². The molecule has 0 spiro atoms. The fourth-order valence-electron chi connectivity index (χ4n) is 1.70. The predicted octanol–water partition coefficient (Wildman–Crippen LogP) is 3.69. The second kappa shape index (κ2) is 7.45. The number of carbonyl (C=O) groups excluding carboxylic acids is 1. The highest BCUT2D eigenvalue weighted by Crippen LogP contribution is 2.21. The number of benzene rings is 2. The minimum Gasteiger partial charge on any atom is -0.492 e. The number of carbonyl (C=O) groups is 1. The van der Waals surface area contributed by atoms with Gasteiger partial charge in [-0.2, -0.15) is 0 Å². The summed E-state index contributed by atoms with van der Waals surface area (Å²) in [6, 6.07) is 12.1. The van der Waals surface area contributed by atoms with Crippen LogP contribution in [0.5, 0.6) is 5.75 Å². The lowest BCUT2D eigenvalue weighted by molar-refractivity contribution is 0.102. The van der Waals surface area contributed by atoms with Gasteiger partial charge in [0.15, 0.2) is 0 Å². The van der Waals surface area contributed by atoms with Gasteiger partial charge in [0.1, 0.15) is 12.4 Å². The third-order valence-corrected chi connectivity index (χ3v) is 3.30. The third kappa shape index (κ3) is 4.74. The summed E-state index contributed by atoms with van der Waals surface area (Å²) in [5.41, 5.74) is 6.53. The quantitative estimate of drug-likeness (QED) is 0.845. The molecule has 2 aromatic carbocycles. The molecule has 0 saturated carbocycles. The van der Waals surface area contributed by atoms with Crippen molar-refractivity contribution < 1.29 is 9.53 Å². The Balaban J connectivity index is 2.05. The molecular weight excluding hydrogens is 356 g/mol. The van der Waals surface area contributed by atoms with Crippen LogP contribution < -0.4 is 15.8 Å². The lowest BCUT2D eigenvalue weighted by Gasteiger charge is -2.08. The molecule has 0 unspecified atom stereocenters. The predicted molar refractivity (Wildman–Crippen MR) is 88.1 cm³/mol. The maximum Gasteiger partial charge on any atom is 0.255 e. The van der Waals surface area contributed by atoms with Gasteiger partial charge in [-0.05, 0) is 42.5 Å². The van der Waals surface area contributed by atoms with E-state index >= 15 is 0 Å². The number of amides is 1. The number of rotatable bonds is 5. The summed E-state index contributed by atoms with van der Waals surface area (Å²) in [5.74, 6) is 0.484. The second-order valence-corrected chi connectivity index (χ2v) is 5.63. The fraction of sp³-hybridized carbons (Fsp3) is 0.133. The van der Waals surface area contributed by atoms with Crippen molar-refractivity contribution in [2.45, 2.75) is 0 Å². The van der Waals surface area contributed by atoms with Crippen molar-refractivity contribution in [2.24, 2.45) is 5.73 Å². The van der Waals surface area contributed by atoms with E-state index in [4.69, 9.17) is 22.1 Å². The number of nitrogens with one attached hydrogen (secondary N) is 1. The summed E-state index contributed by atoms with van der Waals surface area (Å²) in [6.07, 6.45) is 0. The van der Waals surface area contributed by atoms with E-state index in [1.54, 1.807) is 42.5 Å². The highest BCUT2D eigenvalue weighted by atomic mass is 79.9. The normalized spacial score (nSPS) is 10.2. The topological polar surface area (TPSA) is 64.3 Å². The average Bonchev–Trinajstić information content (AvgIpc) is 2.45. The van der Waals surface area contributed by atoms with Gasteiger partial charge in [-0.3, -0.25) is 4.79 Å². The van der Waals surface area contributed by atoms with E-state index in [1.165, 1.54) is 0 Å². The molecule has 0 aliphatic carbocycles. The molecule has 0 fully saturated rings. The van der Waals surface area contributed by atoms with Crippen molar-refractivity contribution in [3.05, 3.63) is 57.5 Å². The van der Waals surface area contributed by atoms with Crippen molar-refractivity contribution >= 4 is 39.1 Å². The van der Waals surface area contributed by atoms with E-state index < -0.39 is 0 Å². The Bertz CT molecular complexity index is 612. The van der Waals surface area contributed by atoms with Crippen LogP contribution >= 0.6 is 27.5 Å². The summed E-state index contributed by atoms with van der Waals surface area (Å²) in [6.45, 7) is 0.921. The molecule has 21 heavy (non-hydrogen) atoms. The van der Waals surface area contributed by atoms with Gasteiger partial charge < -0.3 is 15.8 Å². The molecular formula is C15H14BrClN2O2. The molecule has 0 heterocycles. The Morgan fingerprint density at radius 2 is 1.95 bits per heavy atom. The van der Waals surface area contributed by atoms with Crippen LogP contribution in [0.3, 0.4) is 0 Å². The molecule has 0 aliphatic heterocycles. The van der Waals surface area contributed by atoms with Gasteiger partial charge in [0.25, 0.3) is 5.91 Å². The number of anilines is 1. The van der Waals surface area contributed by atoms with Gasteiger partial charge in [0.05, 0.1) is 0 Å². The molecule has 2 aromatic rings. The van der Waals surface area contributed by atoms with Crippen LogP contribution in [-0.4, -0.2) is 19.1 Å². The first-order valence-corrected chi connectivity index (χ1v) is 7.46. The van der Waals surface area contributed by atoms with E-state index in [9.17, 15) is 4.79 Å². The molecule has 3 N–H and O–H groups in total. The minimum absolute atomic E-state index is 0.228. The number of hydrogen-bond donors (Lipinski definition) is 2. The molecule has 0 atom stereocenters. The van der Waals surface area contributed by atoms with E-state index in [1.807, 2.05) is 0 Å². The number of halogens is 2. The van der Waals surface area contributed by atoms with Gasteiger partial charge in [0.2, 0.25) is 0 Å². The molecule has 1 amide bonds. The Kier molecular flexibility index (Phi) is 5.61. The molecule has 0 aliphatic rings. The molecule has 0 aromatic heterocycles. The van der Waals surface area contributed by atoms with Crippen molar-refractivity contribution in [1.82, 2.24) is 0 Å². The third-order valence-electron chi connectivity index (χ3n) is 2.62. The van der Waals surface area contributed by atoms with Gasteiger partial charge in [-0.1, -0.05) is 27.5 Å². The first-order valence-electron chi connectivity index (χ1n) is 6.29. The standard InChI is InChI=1S/C15H14BrClN2O2/c16-11-7-10(8-12(17)9-11)15(20)19-13-1-3-14(4-2-13)21-6-5-18/h1-4,7-9H,5-6,18H2,(H,19,20). The van der Waals surface area contributed by atoms with Crippen LogP contribution in [0.2, 0.25) is 5.02 Å². The lowest BCUT2D eigenvalue weighted by atomic mass is 10.2. The minimum atomic E-state index is -0.228. The Labute approximate surface area is 136 Å². The molecule has 110 valence electrons. The van der Waals surface area contributed by atoms with Gasteiger partial charge in [-0.15, -0.1) is 0 Å². The fourth-order valence-corrected chi connectivity index (χ4v) is 2.56. The van der Waals surface area contributed by atoms with Crippen molar-refractivity contribution in [2.75, 3.05) is 18.5 Å². The van der Waals surface area contributed by atoms with Gasteiger partial charge in [-0.25, -0.2) is 0 Å². The van der Waals surface area contributed by atoms with Crippen molar-refractivity contribution in [3.63, 3.8) is 0 Å². The number of hydrogen-bond acceptors (Lipinski definition) is 3. The highest BCUT2D eigenvalue weighted by molar-refractivity contribution is 9.10. The van der Waals surface area contributed by atoms with E-state index in [2.05, 4.69) is 21.2 Å². The molecule has 6 heteroatoms. The van der Waals surface area contributed by atoms with Crippen LogP contribution in [0, 0.1) is 0 Å².